The minimum Gasteiger partial charge on any atom is -0.324 e. The fraction of sp³-hybridized carbons (Fsp3) is 0.217. The molecule has 1 amide bonds. The molecule has 4 rings (SSSR count). The number of hydrogen-bond donors (Lipinski definition) is 1. The van der Waals surface area contributed by atoms with Gasteiger partial charge in [0.2, 0.25) is 5.91 Å². The quantitative estimate of drug-likeness (QED) is 0.575. The molecule has 2 heterocycles. The Balaban J connectivity index is 1.77. The van der Waals surface area contributed by atoms with Gasteiger partial charge in [-0.3, -0.25) is 14.6 Å². The first-order chi connectivity index (χ1) is 14.0. The summed E-state index contributed by atoms with van der Waals surface area (Å²) in [6, 6.07) is 15.1. The summed E-state index contributed by atoms with van der Waals surface area (Å²) >= 11 is 0. The zero-order valence-corrected chi connectivity index (χ0v) is 16.6. The van der Waals surface area contributed by atoms with Gasteiger partial charge in [-0.15, -0.1) is 0 Å². The van der Waals surface area contributed by atoms with Crippen LogP contribution in [0, 0.1) is 6.92 Å². The molecular weight excluding hydrogens is 364 g/mol. The number of hydrogen-bond acceptors (Lipinski definition) is 4. The average molecular weight is 386 g/mol. The normalized spacial score (nSPS) is 12.2. The lowest BCUT2D eigenvalue weighted by molar-refractivity contribution is -0.117. The lowest BCUT2D eigenvalue weighted by Crippen LogP contribution is -2.27. The number of carbonyl (C=O) groups is 1. The highest BCUT2D eigenvalue weighted by Gasteiger charge is 2.22. The third-order valence-electron chi connectivity index (χ3n) is 5.11. The number of amides is 1. The van der Waals surface area contributed by atoms with E-state index in [4.69, 9.17) is 0 Å². The van der Waals surface area contributed by atoms with Crippen molar-refractivity contribution in [3.63, 3.8) is 0 Å². The number of nitrogens with one attached hydrogen (secondary N) is 1. The first kappa shape index (κ1) is 18.8. The van der Waals surface area contributed by atoms with Gasteiger partial charge in [-0.1, -0.05) is 24.3 Å². The summed E-state index contributed by atoms with van der Waals surface area (Å²) in [7, 11) is 0. The maximum atomic E-state index is 13.1. The molecular formula is C23H22N4O2. The molecule has 146 valence electrons. The van der Waals surface area contributed by atoms with Crippen molar-refractivity contribution in [2.45, 2.75) is 33.2 Å². The molecule has 0 saturated heterocycles. The van der Waals surface area contributed by atoms with Crippen LogP contribution < -0.4 is 10.9 Å². The van der Waals surface area contributed by atoms with Crippen LogP contribution in [0.4, 0.5) is 5.69 Å². The van der Waals surface area contributed by atoms with E-state index in [1.54, 1.807) is 19.2 Å². The maximum absolute atomic E-state index is 13.1. The Bertz CT molecular complexity index is 1290. The maximum Gasteiger partial charge on any atom is 0.274 e. The van der Waals surface area contributed by atoms with Gasteiger partial charge in [0.15, 0.2) is 0 Å². The standard InChI is InChI=1S/C23H22N4O2/c1-4-27-23(29)18-10-6-5-9-17(18)20(26-27)15(3)22(28)25-19-13-14(2)12-16-8-7-11-24-21(16)19/h5-13,15H,4H2,1-3H3,(H,25,28)/t15-/m1/s1. The first-order valence-corrected chi connectivity index (χ1v) is 9.65. The van der Waals surface area contributed by atoms with E-state index in [9.17, 15) is 9.59 Å². The largest absolute Gasteiger partial charge is 0.324 e. The Morgan fingerprint density at radius 1 is 1.14 bits per heavy atom. The zero-order chi connectivity index (χ0) is 20.5. The molecule has 29 heavy (non-hydrogen) atoms. The Hall–Kier alpha value is -3.54. The van der Waals surface area contributed by atoms with Crippen LogP contribution in [0.15, 0.2) is 59.5 Å². The Morgan fingerprint density at radius 3 is 2.66 bits per heavy atom. The Morgan fingerprint density at radius 2 is 1.90 bits per heavy atom. The van der Waals surface area contributed by atoms with Crippen molar-refractivity contribution in [2.24, 2.45) is 0 Å². The first-order valence-electron chi connectivity index (χ1n) is 9.65. The summed E-state index contributed by atoms with van der Waals surface area (Å²) < 4.78 is 1.41. The van der Waals surface area contributed by atoms with Gasteiger partial charge in [-0.05, 0) is 50.6 Å². The van der Waals surface area contributed by atoms with Crippen LogP contribution in [0.25, 0.3) is 21.7 Å². The van der Waals surface area contributed by atoms with Crippen molar-refractivity contribution in [3.8, 4) is 0 Å². The van der Waals surface area contributed by atoms with Crippen molar-refractivity contribution < 1.29 is 4.79 Å². The number of fused-ring (bicyclic) bond motifs is 2. The van der Waals surface area contributed by atoms with Crippen LogP contribution in [0.2, 0.25) is 0 Å². The summed E-state index contributed by atoms with van der Waals surface area (Å²) in [5, 5.41) is 9.75. The molecule has 6 nitrogen and oxygen atoms in total. The number of aryl methyl sites for hydroxylation is 2. The second kappa shape index (κ2) is 7.47. The fourth-order valence-corrected chi connectivity index (χ4v) is 3.60. The third kappa shape index (κ3) is 3.38. The van der Waals surface area contributed by atoms with Gasteiger partial charge in [0, 0.05) is 23.5 Å². The van der Waals surface area contributed by atoms with Gasteiger partial charge in [0.25, 0.3) is 5.56 Å². The average Bonchev–Trinajstić information content (AvgIpc) is 2.73. The van der Waals surface area contributed by atoms with Gasteiger partial charge in [-0.25, -0.2) is 4.68 Å². The van der Waals surface area contributed by atoms with Gasteiger partial charge in [0.05, 0.1) is 28.2 Å². The molecule has 0 bridgehead atoms. The number of anilines is 1. The fourth-order valence-electron chi connectivity index (χ4n) is 3.60. The molecule has 1 N–H and O–H groups in total. The number of nitrogens with zero attached hydrogens (tertiary/aromatic N) is 3. The Labute approximate surface area is 168 Å². The van der Waals surface area contributed by atoms with E-state index in [1.807, 2.05) is 56.3 Å². The molecule has 2 aromatic heterocycles. The Kier molecular flexibility index (Phi) is 4.84. The molecule has 0 spiro atoms. The second-order valence-corrected chi connectivity index (χ2v) is 7.15. The monoisotopic (exact) mass is 386 g/mol. The van der Waals surface area contributed by atoms with E-state index in [0.29, 0.717) is 28.7 Å². The van der Waals surface area contributed by atoms with Crippen LogP contribution in [0.3, 0.4) is 0 Å². The lowest BCUT2D eigenvalue weighted by atomic mass is 10.0. The molecule has 1 atom stereocenters. The van der Waals surface area contributed by atoms with Crippen LogP contribution in [-0.4, -0.2) is 20.7 Å². The summed E-state index contributed by atoms with van der Waals surface area (Å²) in [4.78, 5) is 30.1. The minimum absolute atomic E-state index is 0.145. The number of aromatic nitrogens is 3. The number of carbonyl (C=O) groups excluding carboxylic acids is 1. The smallest absolute Gasteiger partial charge is 0.274 e. The predicted octanol–water partition coefficient (Wildman–Crippen LogP) is 4.02. The molecule has 0 aliphatic carbocycles. The molecule has 0 aliphatic heterocycles. The molecule has 4 aromatic rings. The molecule has 6 heteroatoms. The van der Waals surface area contributed by atoms with Crippen LogP contribution >= 0.6 is 0 Å². The van der Waals surface area contributed by atoms with E-state index in [-0.39, 0.29) is 11.5 Å². The molecule has 2 aromatic carbocycles. The molecule has 0 fully saturated rings. The highest BCUT2D eigenvalue weighted by Crippen LogP contribution is 2.26. The van der Waals surface area contributed by atoms with Gasteiger partial charge in [-0.2, -0.15) is 5.10 Å². The molecule has 0 unspecified atom stereocenters. The topological polar surface area (TPSA) is 76.9 Å². The van der Waals surface area contributed by atoms with Crippen molar-refractivity contribution in [1.29, 1.82) is 0 Å². The lowest BCUT2D eigenvalue weighted by Gasteiger charge is -2.16. The van der Waals surface area contributed by atoms with Crippen molar-refractivity contribution in [3.05, 3.63) is 76.3 Å². The molecule has 0 aliphatic rings. The zero-order valence-electron chi connectivity index (χ0n) is 16.6. The highest BCUT2D eigenvalue weighted by molar-refractivity contribution is 6.04. The van der Waals surface area contributed by atoms with Gasteiger partial charge >= 0.3 is 0 Å². The molecule has 0 saturated carbocycles. The van der Waals surface area contributed by atoms with E-state index >= 15 is 0 Å². The van der Waals surface area contributed by atoms with E-state index in [0.717, 1.165) is 16.5 Å². The van der Waals surface area contributed by atoms with E-state index in [1.165, 1.54) is 4.68 Å². The van der Waals surface area contributed by atoms with Crippen LogP contribution in [-0.2, 0) is 11.3 Å². The van der Waals surface area contributed by atoms with Gasteiger partial charge in [0.1, 0.15) is 0 Å². The van der Waals surface area contributed by atoms with Crippen molar-refractivity contribution in [1.82, 2.24) is 14.8 Å². The summed E-state index contributed by atoms with van der Waals surface area (Å²) in [5.41, 5.74) is 2.90. The SMILES string of the molecule is CCn1nc([C@@H](C)C(=O)Nc2cc(C)cc3cccnc23)c2ccccc2c1=O. The van der Waals surface area contributed by atoms with Gasteiger partial charge < -0.3 is 5.32 Å². The van der Waals surface area contributed by atoms with Crippen molar-refractivity contribution >= 4 is 33.3 Å². The minimum atomic E-state index is -0.544. The predicted molar refractivity (Wildman–Crippen MR) is 115 cm³/mol. The number of benzene rings is 2. The van der Waals surface area contributed by atoms with E-state index in [2.05, 4.69) is 15.4 Å². The van der Waals surface area contributed by atoms with Crippen molar-refractivity contribution in [2.75, 3.05) is 5.32 Å². The summed E-state index contributed by atoms with van der Waals surface area (Å²) in [6.45, 7) is 6.09. The second-order valence-electron chi connectivity index (χ2n) is 7.15. The van der Waals surface area contributed by atoms with Crippen LogP contribution in [0.1, 0.15) is 31.0 Å². The number of rotatable bonds is 4. The summed E-state index contributed by atoms with van der Waals surface area (Å²) in [5.74, 6) is -0.737. The van der Waals surface area contributed by atoms with Crippen LogP contribution in [0.5, 0.6) is 0 Å². The molecule has 0 radical (unpaired) electrons. The highest BCUT2D eigenvalue weighted by atomic mass is 16.2. The van der Waals surface area contributed by atoms with E-state index < -0.39 is 5.92 Å². The third-order valence-corrected chi connectivity index (χ3v) is 5.11. The number of pyridine rings is 1. The summed E-state index contributed by atoms with van der Waals surface area (Å²) in [6.07, 6.45) is 1.71.